The van der Waals surface area contributed by atoms with E-state index in [0.29, 0.717) is 17.9 Å². The topological polar surface area (TPSA) is 130 Å². The summed E-state index contributed by atoms with van der Waals surface area (Å²) in [5.41, 5.74) is 4.24. The lowest BCUT2D eigenvalue weighted by atomic mass is 10.00. The minimum Gasteiger partial charge on any atom is -0.380 e. The standard InChI is InChI=1S/C17H15N5O3S/c18-26(24,25)11-7-5-10(6-8-11)20-17(23)16-13-9-19-14-4-2-1-3-12(14)15(13)21-22-16/h1-8,19H,9H2,(H,20,23)(H,21,22)(H2,18,24,25). The van der Waals surface area contributed by atoms with Gasteiger partial charge in [-0.1, -0.05) is 18.2 Å². The first-order valence-corrected chi connectivity index (χ1v) is 9.33. The van der Waals surface area contributed by atoms with Gasteiger partial charge in [-0.2, -0.15) is 5.10 Å². The van der Waals surface area contributed by atoms with Crippen molar-refractivity contribution in [2.75, 3.05) is 10.6 Å². The molecular weight excluding hydrogens is 354 g/mol. The van der Waals surface area contributed by atoms with Crippen LogP contribution in [0.1, 0.15) is 16.1 Å². The number of aromatic nitrogens is 2. The third-order valence-electron chi connectivity index (χ3n) is 4.17. The summed E-state index contributed by atoms with van der Waals surface area (Å²) in [5, 5.41) is 18.1. The predicted octanol–water partition coefficient (Wildman–Crippen LogP) is 1.90. The smallest absolute Gasteiger partial charge is 0.274 e. The summed E-state index contributed by atoms with van der Waals surface area (Å²) in [6, 6.07) is 13.4. The molecule has 3 aromatic rings. The summed E-state index contributed by atoms with van der Waals surface area (Å²) in [6.45, 7) is 0.482. The molecule has 0 aliphatic carbocycles. The molecule has 0 atom stereocenters. The molecule has 1 aromatic heterocycles. The van der Waals surface area contributed by atoms with Crippen molar-refractivity contribution < 1.29 is 13.2 Å². The normalized spacial score (nSPS) is 12.7. The van der Waals surface area contributed by atoms with Crippen molar-refractivity contribution in [2.45, 2.75) is 11.4 Å². The van der Waals surface area contributed by atoms with E-state index in [1.807, 2.05) is 24.3 Å². The number of nitrogens with zero attached hydrogens (tertiary/aromatic N) is 1. The predicted molar refractivity (Wildman–Crippen MR) is 97.1 cm³/mol. The summed E-state index contributed by atoms with van der Waals surface area (Å²) in [5.74, 6) is -0.358. The molecule has 2 aromatic carbocycles. The number of hydrogen-bond acceptors (Lipinski definition) is 5. The number of carbonyl (C=O) groups excluding carboxylic acids is 1. The highest BCUT2D eigenvalue weighted by molar-refractivity contribution is 7.89. The van der Waals surface area contributed by atoms with E-state index in [-0.39, 0.29) is 10.8 Å². The van der Waals surface area contributed by atoms with Gasteiger partial charge in [0.25, 0.3) is 5.91 Å². The number of sulfonamides is 1. The molecule has 1 amide bonds. The monoisotopic (exact) mass is 369 g/mol. The average Bonchev–Trinajstić information content (AvgIpc) is 3.06. The van der Waals surface area contributed by atoms with E-state index in [9.17, 15) is 13.2 Å². The average molecular weight is 369 g/mol. The van der Waals surface area contributed by atoms with Crippen LogP contribution in [0.5, 0.6) is 0 Å². The fraction of sp³-hybridized carbons (Fsp3) is 0.0588. The molecule has 2 heterocycles. The molecule has 4 rings (SSSR count). The lowest BCUT2D eigenvalue weighted by Gasteiger charge is -2.17. The van der Waals surface area contributed by atoms with Crippen molar-refractivity contribution >= 4 is 27.3 Å². The molecule has 0 spiro atoms. The Kier molecular flexibility index (Phi) is 3.74. The van der Waals surface area contributed by atoms with Crippen LogP contribution >= 0.6 is 0 Å². The molecule has 5 N–H and O–H groups in total. The Labute approximate surface area is 149 Å². The Balaban J connectivity index is 1.60. The third kappa shape index (κ3) is 2.83. The van der Waals surface area contributed by atoms with E-state index in [1.54, 1.807) is 0 Å². The van der Waals surface area contributed by atoms with Gasteiger partial charge in [0.1, 0.15) is 5.69 Å². The quantitative estimate of drug-likeness (QED) is 0.560. The molecule has 0 saturated heterocycles. The SMILES string of the molecule is NS(=O)(=O)c1ccc(NC(=O)c2[nH]nc3c2CNc2ccccc2-3)cc1. The molecule has 1 aliphatic rings. The van der Waals surface area contributed by atoms with E-state index in [4.69, 9.17) is 5.14 Å². The van der Waals surface area contributed by atoms with Crippen LogP contribution in [-0.4, -0.2) is 24.5 Å². The maximum atomic E-state index is 12.6. The molecule has 8 nitrogen and oxygen atoms in total. The first-order valence-electron chi connectivity index (χ1n) is 7.78. The number of nitrogens with one attached hydrogen (secondary N) is 3. The van der Waals surface area contributed by atoms with Crippen molar-refractivity contribution in [2.24, 2.45) is 5.14 Å². The second kappa shape index (κ2) is 5.97. The largest absolute Gasteiger partial charge is 0.380 e. The zero-order valence-corrected chi connectivity index (χ0v) is 14.3. The number of fused-ring (bicyclic) bond motifs is 3. The van der Waals surface area contributed by atoms with Gasteiger partial charge >= 0.3 is 0 Å². The van der Waals surface area contributed by atoms with E-state index < -0.39 is 10.0 Å². The van der Waals surface area contributed by atoms with Gasteiger partial charge in [0, 0.05) is 29.0 Å². The van der Waals surface area contributed by atoms with Crippen LogP contribution < -0.4 is 15.8 Å². The van der Waals surface area contributed by atoms with E-state index in [1.165, 1.54) is 24.3 Å². The number of benzene rings is 2. The van der Waals surface area contributed by atoms with Crippen LogP contribution in [0, 0.1) is 0 Å². The summed E-state index contributed by atoms with van der Waals surface area (Å²) >= 11 is 0. The van der Waals surface area contributed by atoms with Crippen molar-refractivity contribution in [1.29, 1.82) is 0 Å². The lowest BCUT2D eigenvalue weighted by Crippen LogP contribution is -2.17. The number of carbonyl (C=O) groups is 1. The zero-order chi connectivity index (χ0) is 18.3. The Bertz CT molecular complexity index is 1100. The molecular formula is C17H15N5O3S. The Morgan fingerprint density at radius 2 is 1.85 bits per heavy atom. The minimum absolute atomic E-state index is 0.0183. The van der Waals surface area contributed by atoms with Gasteiger partial charge in [-0.05, 0) is 30.3 Å². The number of H-pyrrole nitrogens is 1. The summed E-state index contributed by atoms with van der Waals surface area (Å²) < 4.78 is 22.6. The highest BCUT2D eigenvalue weighted by Gasteiger charge is 2.24. The molecule has 0 saturated carbocycles. The fourth-order valence-electron chi connectivity index (χ4n) is 2.90. The van der Waals surface area contributed by atoms with Crippen LogP contribution in [-0.2, 0) is 16.6 Å². The number of aromatic amines is 1. The highest BCUT2D eigenvalue weighted by Crippen LogP contribution is 2.35. The van der Waals surface area contributed by atoms with E-state index in [0.717, 1.165) is 22.5 Å². The van der Waals surface area contributed by atoms with Gasteiger partial charge in [-0.15, -0.1) is 0 Å². The summed E-state index contributed by atoms with van der Waals surface area (Å²) in [7, 11) is -3.77. The Hall–Kier alpha value is -3.17. The van der Waals surface area contributed by atoms with Gasteiger partial charge in [0.2, 0.25) is 10.0 Å². The Morgan fingerprint density at radius 3 is 2.58 bits per heavy atom. The van der Waals surface area contributed by atoms with Crippen LogP contribution in [0.4, 0.5) is 11.4 Å². The lowest BCUT2D eigenvalue weighted by molar-refractivity contribution is 0.102. The first-order chi connectivity index (χ1) is 12.4. The number of nitrogens with two attached hydrogens (primary N) is 1. The van der Waals surface area contributed by atoms with Gasteiger partial charge in [0.15, 0.2) is 0 Å². The van der Waals surface area contributed by atoms with Crippen molar-refractivity contribution in [1.82, 2.24) is 10.2 Å². The van der Waals surface area contributed by atoms with Gasteiger partial charge in [-0.3, -0.25) is 9.89 Å². The molecule has 9 heteroatoms. The molecule has 0 bridgehead atoms. The minimum atomic E-state index is -3.77. The second-order valence-electron chi connectivity index (χ2n) is 5.85. The maximum Gasteiger partial charge on any atom is 0.274 e. The highest BCUT2D eigenvalue weighted by atomic mass is 32.2. The van der Waals surface area contributed by atoms with Gasteiger partial charge < -0.3 is 10.6 Å². The van der Waals surface area contributed by atoms with Crippen LogP contribution in [0.2, 0.25) is 0 Å². The van der Waals surface area contributed by atoms with Crippen LogP contribution in [0.3, 0.4) is 0 Å². The molecule has 26 heavy (non-hydrogen) atoms. The fourth-order valence-corrected chi connectivity index (χ4v) is 3.41. The molecule has 1 aliphatic heterocycles. The molecule has 0 unspecified atom stereocenters. The number of para-hydroxylation sites is 1. The van der Waals surface area contributed by atoms with Crippen LogP contribution in [0.25, 0.3) is 11.3 Å². The number of amides is 1. The van der Waals surface area contributed by atoms with Crippen LogP contribution in [0.15, 0.2) is 53.4 Å². The molecule has 0 radical (unpaired) electrons. The summed E-state index contributed by atoms with van der Waals surface area (Å²) in [4.78, 5) is 12.6. The van der Waals surface area contributed by atoms with E-state index in [2.05, 4.69) is 20.8 Å². The number of rotatable bonds is 3. The van der Waals surface area contributed by atoms with Crippen molar-refractivity contribution in [3.05, 3.63) is 59.8 Å². The zero-order valence-electron chi connectivity index (χ0n) is 13.5. The third-order valence-corrected chi connectivity index (χ3v) is 5.10. The molecule has 132 valence electrons. The van der Waals surface area contributed by atoms with Crippen molar-refractivity contribution in [3.63, 3.8) is 0 Å². The first kappa shape index (κ1) is 16.3. The number of hydrogen-bond donors (Lipinski definition) is 4. The van der Waals surface area contributed by atoms with Gasteiger partial charge in [-0.25, -0.2) is 13.6 Å². The van der Waals surface area contributed by atoms with Crippen molar-refractivity contribution in [3.8, 4) is 11.3 Å². The number of anilines is 2. The summed E-state index contributed by atoms with van der Waals surface area (Å²) in [6.07, 6.45) is 0. The molecule has 0 fully saturated rings. The maximum absolute atomic E-state index is 12.6. The van der Waals surface area contributed by atoms with Gasteiger partial charge in [0.05, 0.1) is 10.6 Å². The Morgan fingerprint density at radius 1 is 1.12 bits per heavy atom. The second-order valence-corrected chi connectivity index (χ2v) is 7.41. The van der Waals surface area contributed by atoms with E-state index >= 15 is 0 Å². The number of primary sulfonamides is 1.